The van der Waals surface area contributed by atoms with Crippen LogP contribution in [0.15, 0.2) is 30.7 Å². The first-order valence-electron chi connectivity index (χ1n) is 5.61. The van der Waals surface area contributed by atoms with Crippen molar-refractivity contribution in [2.24, 2.45) is 7.05 Å². The summed E-state index contributed by atoms with van der Waals surface area (Å²) < 4.78 is 1.64. The Balaban J connectivity index is 2.31. The first-order chi connectivity index (χ1) is 8.99. The predicted octanol–water partition coefficient (Wildman–Crippen LogP) is 1.68. The summed E-state index contributed by atoms with van der Waals surface area (Å²) in [6.45, 7) is 1.68. The van der Waals surface area contributed by atoms with Crippen LogP contribution < -0.4 is 5.32 Å². The molecule has 1 aromatic heterocycles. The maximum absolute atomic E-state index is 11.9. The van der Waals surface area contributed by atoms with E-state index in [9.17, 15) is 9.59 Å². The molecule has 0 saturated heterocycles. The molecular formula is C13H13N3O3. The van der Waals surface area contributed by atoms with E-state index in [2.05, 4.69) is 10.3 Å². The standard InChI is InChI=1S/C13H13N3O3/c1-8-4-3-5-9(11(8)13(18)19)15-12(17)10-6-16(2)7-14-10/h3-7H,1-2H3,(H,15,17)(H,18,19). The van der Waals surface area contributed by atoms with Crippen molar-refractivity contribution >= 4 is 17.6 Å². The number of aryl methyl sites for hydroxylation is 2. The van der Waals surface area contributed by atoms with Gasteiger partial charge in [0.2, 0.25) is 0 Å². The average molecular weight is 259 g/mol. The molecule has 0 atom stereocenters. The molecule has 0 aliphatic rings. The fourth-order valence-electron chi connectivity index (χ4n) is 1.77. The monoisotopic (exact) mass is 259 g/mol. The summed E-state index contributed by atoms with van der Waals surface area (Å²) in [5, 5.41) is 11.7. The van der Waals surface area contributed by atoms with Gasteiger partial charge >= 0.3 is 5.97 Å². The largest absolute Gasteiger partial charge is 0.478 e. The van der Waals surface area contributed by atoms with Gasteiger partial charge in [-0.2, -0.15) is 0 Å². The summed E-state index contributed by atoms with van der Waals surface area (Å²) in [4.78, 5) is 27.0. The molecule has 2 aromatic rings. The van der Waals surface area contributed by atoms with Crippen LogP contribution in [0.5, 0.6) is 0 Å². The van der Waals surface area contributed by atoms with Crippen LogP contribution in [0.3, 0.4) is 0 Å². The molecule has 1 amide bonds. The number of hydrogen-bond donors (Lipinski definition) is 2. The van der Waals surface area contributed by atoms with Gasteiger partial charge in [-0.1, -0.05) is 12.1 Å². The van der Waals surface area contributed by atoms with Crippen molar-refractivity contribution in [1.29, 1.82) is 0 Å². The van der Waals surface area contributed by atoms with Gasteiger partial charge in [-0.15, -0.1) is 0 Å². The predicted molar refractivity (Wildman–Crippen MR) is 69.3 cm³/mol. The third kappa shape index (κ3) is 2.62. The van der Waals surface area contributed by atoms with Crippen molar-refractivity contribution in [3.8, 4) is 0 Å². The lowest BCUT2D eigenvalue weighted by Crippen LogP contribution is -2.16. The van der Waals surface area contributed by atoms with Crippen LogP contribution in [0.25, 0.3) is 0 Å². The Morgan fingerprint density at radius 2 is 2.11 bits per heavy atom. The number of amides is 1. The highest BCUT2D eigenvalue weighted by Crippen LogP contribution is 2.20. The Hall–Kier alpha value is -2.63. The fourth-order valence-corrected chi connectivity index (χ4v) is 1.77. The topological polar surface area (TPSA) is 84.2 Å². The van der Waals surface area contributed by atoms with Crippen LogP contribution in [0.2, 0.25) is 0 Å². The van der Waals surface area contributed by atoms with E-state index in [1.165, 1.54) is 6.33 Å². The summed E-state index contributed by atoms with van der Waals surface area (Å²) in [7, 11) is 1.75. The number of rotatable bonds is 3. The number of carboxylic acids is 1. The minimum Gasteiger partial charge on any atom is -0.478 e. The van der Waals surface area contributed by atoms with Gasteiger partial charge < -0.3 is 15.0 Å². The lowest BCUT2D eigenvalue weighted by atomic mass is 10.1. The molecule has 0 bridgehead atoms. The number of nitrogens with zero attached hydrogens (tertiary/aromatic N) is 2. The Morgan fingerprint density at radius 1 is 1.37 bits per heavy atom. The van der Waals surface area contributed by atoms with Gasteiger partial charge in [-0.05, 0) is 18.6 Å². The van der Waals surface area contributed by atoms with Gasteiger partial charge in [0, 0.05) is 13.2 Å². The first-order valence-corrected chi connectivity index (χ1v) is 5.61. The number of imidazole rings is 1. The summed E-state index contributed by atoms with van der Waals surface area (Å²) in [6.07, 6.45) is 3.06. The lowest BCUT2D eigenvalue weighted by Gasteiger charge is -2.09. The first kappa shape index (κ1) is 12.8. The molecule has 0 radical (unpaired) electrons. The van der Waals surface area contributed by atoms with Gasteiger partial charge in [-0.25, -0.2) is 9.78 Å². The van der Waals surface area contributed by atoms with Gasteiger partial charge in [0.25, 0.3) is 5.91 Å². The summed E-state index contributed by atoms with van der Waals surface area (Å²) >= 11 is 0. The SMILES string of the molecule is Cc1cccc(NC(=O)c2cn(C)cn2)c1C(=O)O. The molecule has 2 N–H and O–H groups in total. The molecule has 6 heteroatoms. The Morgan fingerprint density at radius 3 is 2.68 bits per heavy atom. The molecule has 1 heterocycles. The molecule has 0 aliphatic carbocycles. The van der Waals surface area contributed by atoms with Crippen LogP contribution in [0.4, 0.5) is 5.69 Å². The number of aromatic nitrogens is 2. The summed E-state index contributed by atoms with van der Waals surface area (Å²) in [6, 6.07) is 4.92. The molecule has 98 valence electrons. The number of benzene rings is 1. The average Bonchev–Trinajstić information content (AvgIpc) is 2.75. The minimum absolute atomic E-state index is 0.0896. The van der Waals surface area contributed by atoms with Gasteiger partial charge in [0.15, 0.2) is 0 Å². The molecule has 6 nitrogen and oxygen atoms in total. The second kappa shape index (κ2) is 4.93. The van der Waals surface area contributed by atoms with E-state index in [1.54, 1.807) is 42.9 Å². The number of carbonyl (C=O) groups is 2. The minimum atomic E-state index is -1.07. The van der Waals surface area contributed by atoms with Gasteiger partial charge in [0.1, 0.15) is 5.69 Å². The Labute approximate surface area is 109 Å². The van der Waals surface area contributed by atoms with E-state index >= 15 is 0 Å². The maximum Gasteiger partial charge on any atom is 0.338 e. The van der Waals surface area contributed by atoms with Crippen molar-refractivity contribution in [3.63, 3.8) is 0 Å². The molecule has 1 aromatic carbocycles. The number of carbonyl (C=O) groups excluding carboxylic acids is 1. The highest BCUT2D eigenvalue weighted by atomic mass is 16.4. The van der Waals surface area contributed by atoms with Crippen molar-refractivity contribution in [3.05, 3.63) is 47.5 Å². The third-order valence-electron chi connectivity index (χ3n) is 2.67. The fraction of sp³-hybridized carbons (Fsp3) is 0.154. The van der Waals surface area contributed by atoms with Gasteiger partial charge in [-0.3, -0.25) is 4.79 Å². The second-order valence-electron chi connectivity index (χ2n) is 4.18. The molecule has 0 saturated carbocycles. The summed E-state index contributed by atoms with van der Waals surface area (Å²) in [5.74, 6) is -1.51. The third-order valence-corrected chi connectivity index (χ3v) is 2.67. The van der Waals surface area contributed by atoms with E-state index in [-0.39, 0.29) is 16.9 Å². The maximum atomic E-state index is 11.9. The zero-order valence-corrected chi connectivity index (χ0v) is 10.5. The highest BCUT2D eigenvalue weighted by Gasteiger charge is 2.16. The van der Waals surface area contributed by atoms with Crippen LogP contribution in [-0.4, -0.2) is 26.5 Å². The van der Waals surface area contributed by atoms with Crippen LogP contribution in [0.1, 0.15) is 26.4 Å². The van der Waals surface area contributed by atoms with Crippen LogP contribution in [-0.2, 0) is 7.05 Å². The van der Waals surface area contributed by atoms with E-state index in [1.807, 2.05) is 0 Å². The molecular weight excluding hydrogens is 246 g/mol. The molecule has 0 unspecified atom stereocenters. The van der Waals surface area contributed by atoms with Crippen molar-refractivity contribution in [2.75, 3.05) is 5.32 Å². The Kier molecular flexibility index (Phi) is 3.33. The molecule has 19 heavy (non-hydrogen) atoms. The van der Waals surface area contributed by atoms with Crippen molar-refractivity contribution < 1.29 is 14.7 Å². The zero-order chi connectivity index (χ0) is 14.0. The molecule has 0 aliphatic heterocycles. The van der Waals surface area contributed by atoms with E-state index in [0.717, 1.165) is 0 Å². The smallest absolute Gasteiger partial charge is 0.338 e. The highest BCUT2D eigenvalue weighted by molar-refractivity contribution is 6.07. The van der Waals surface area contributed by atoms with Crippen LogP contribution >= 0.6 is 0 Å². The van der Waals surface area contributed by atoms with Gasteiger partial charge in [0.05, 0.1) is 17.6 Å². The number of anilines is 1. The van der Waals surface area contributed by atoms with Crippen molar-refractivity contribution in [1.82, 2.24) is 9.55 Å². The molecule has 0 spiro atoms. The number of hydrogen-bond acceptors (Lipinski definition) is 3. The quantitative estimate of drug-likeness (QED) is 0.878. The number of aromatic carboxylic acids is 1. The lowest BCUT2D eigenvalue weighted by molar-refractivity contribution is 0.0697. The van der Waals surface area contributed by atoms with Crippen LogP contribution in [0, 0.1) is 6.92 Å². The second-order valence-corrected chi connectivity index (χ2v) is 4.18. The molecule has 2 rings (SSSR count). The number of carboxylic acid groups (broad SMARTS) is 1. The van der Waals surface area contributed by atoms with E-state index < -0.39 is 11.9 Å². The van der Waals surface area contributed by atoms with Crippen molar-refractivity contribution in [2.45, 2.75) is 6.92 Å². The zero-order valence-electron chi connectivity index (χ0n) is 10.5. The van der Waals surface area contributed by atoms with E-state index in [4.69, 9.17) is 5.11 Å². The van der Waals surface area contributed by atoms with E-state index in [0.29, 0.717) is 5.56 Å². The Bertz CT molecular complexity index is 646. The number of nitrogens with one attached hydrogen (secondary N) is 1. The summed E-state index contributed by atoms with van der Waals surface area (Å²) in [5.41, 5.74) is 1.18. The molecule has 0 fully saturated rings. The normalized spacial score (nSPS) is 10.2.